The minimum Gasteiger partial charge on any atom is -0.496 e. The molecule has 3 heteroatoms. The minimum absolute atomic E-state index is 0.542. The van der Waals surface area contributed by atoms with Gasteiger partial charge < -0.3 is 14.3 Å². The van der Waals surface area contributed by atoms with E-state index in [9.17, 15) is 5.11 Å². The Morgan fingerprint density at radius 2 is 2.05 bits per heavy atom. The van der Waals surface area contributed by atoms with Crippen LogP contribution in [-0.4, -0.2) is 12.2 Å². The van der Waals surface area contributed by atoms with Gasteiger partial charge in [-0.25, -0.2) is 0 Å². The summed E-state index contributed by atoms with van der Waals surface area (Å²) in [5, 5.41) is 10.3. The van der Waals surface area contributed by atoms with Crippen LogP contribution in [-0.2, 0) is 6.42 Å². The summed E-state index contributed by atoms with van der Waals surface area (Å²) in [6, 6.07) is 7.74. The van der Waals surface area contributed by atoms with Crippen LogP contribution in [0.3, 0.4) is 0 Å². The fourth-order valence-corrected chi connectivity index (χ4v) is 2.23. The smallest absolute Gasteiger partial charge is 0.127 e. The van der Waals surface area contributed by atoms with Crippen LogP contribution in [0.5, 0.6) is 5.75 Å². The zero-order valence-electron chi connectivity index (χ0n) is 11.6. The van der Waals surface area contributed by atoms with Gasteiger partial charge in [-0.1, -0.05) is 12.1 Å². The van der Waals surface area contributed by atoms with Gasteiger partial charge in [0.25, 0.3) is 0 Å². The second kappa shape index (κ2) is 5.93. The van der Waals surface area contributed by atoms with Crippen molar-refractivity contribution in [1.29, 1.82) is 0 Å². The first-order valence-electron chi connectivity index (χ1n) is 6.48. The van der Waals surface area contributed by atoms with Crippen LogP contribution < -0.4 is 4.74 Å². The van der Waals surface area contributed by atoms with Gasteiger partial charge in [-0.15, -0.1) is 0 Å². The summed E-state index contributed by atoms with van der Waals surface area (Å²) < 4.78 is 10.7. The van der Waals surface area contributed by atoms with Crippen molar-refractivity contribution in [3.63, 3.8) is 0 Å². The molecular formula is C16H20O3. The van der Waals surface area contributed by atoms with Crippen LogP contribution in [0.2, 0.25) is 0 Å². The predicted octanol–water partition coefficient (Wildman–Crippen LogP) is 3.57. The Labute approximate surface area is 113 Å². The Bertz CT molecular complexity index is 529. The first kappa shape index (κ1) is 13.7. The highest BCUT2D eigenvalue weighted by atomic mass is 16.5. The van der Waals surface area contributed by atoms with Gasteiger partial charge in [0.15, 0.2) is 0 Å². The van der Waals surface area contributed by atoms with E-state index in [2.05, 4.69) is 0 Å². The summed E-state index contributed by atoms with van der Waals surface area (Å²) in [4.78, 5) is 0. The van der Waals surface area contributed by atoms with E-state index in [-0.39, 0.29) is 0 Å². The topological polar surface area (TPSA) is 42.6 Å². The van der Waals surface area contributed by atoms with Crippen molar-refractivity contribution in [2.45, 2.75) is 32.8 Å². The molecule has 1 aromatic heterocycles. The number of methoxy groups -OCH3 is 1. The first-order chi connectivity index (χ1) is 9.13. The number of benzene rings is 1. The number of aliphatic hydroxyl groups excluding tert-OH is 1. The number of aliphatic hydroxyl groups is 1. The van der Waals surface area contributed by atoms with Gasteiger partial charge in [0.1, 0.15) is 11.5 Å². The number of ether oxygens (including phenoxy) is 1. The Kier molecular flexibility index (Phi) is 4.27. The first-order valence-corrected chi connectivity index (χ1v) is 6.48. The number of aryl methyl sites for hydroxylation is 2. The van der Waals surface area contributed by atoms with Crippen LogP contribution in [0.4, 0.5) is 0 Å². The lowest BCUT2D eigenvalue weighted by atomic mass is 9.98. The molecule has 0 fully saturated rings. The fourth-order valence-electron chi connectivity index (χ4n) is 2.23. The average molecular weight is 260 g/mol. The maximum absolute atomic E-state index is 10.3. The molecule has 0 saturated heterocycles. The lowest BCUT2D eigenvalue weighted by Gasteiger charge is -2.17. The molecule has 0 aliphatic rings. The van der Waals surface area contributed by atoms with Crippen molar-refractivity contribution in [1.82, 2.24) is 0 Å². The van der Waals surface area contributed by atoms with E-state index in [1.165, 1.54) is 5.56 Å². The standard InChI is InChI=1S/C16H20O3/c1-11-6-8-14(16(18-3)12(11)2)15(17)9-7-13-5-4-10-19-13/h4-6,8,10,15,17H,7,9H2,1-3H3. The maximum Gasteiger partial charge on any atom is 0.127 e. The number of hydrogen-bond acceptors (Lipinski definition) is 3. The van der Waals surface area contributed by atoms with Crippen molar-refractivity contribution in [2.24, 2.45) is 0 Å². The summed E-state index contributed by atoms with van der Waals surface area (Å²) in [5.41, 5.74) is 3.09. The molecule has 19 heavy (non-hydrogen) atoms. The van der Waals surface area contributed by atoms with E-state index in [1.54, 1.807) is 13.4 Å². The van der Waals surface area contributed by atoms with Crippen molar-refractivity contribution in [2.75, 3.05) is 7.11 Å². The third-order valence-electron chi connectivity index (χ3n) is 3.51. The molecule has 1 N–H and O–H groups in total. The number of hydrogen-bond donors (Lipinski definition) is 1. The van der Waals surface area contributed by atoms with E-state index in [0.29, 0.717) is 12.8 Å². The molecular weight excluding hydrogens is 240 g/mol. The van der Waals surface area contributed by atoms with Crippen LogP contribution in [0, 0.1) is 13.8 Å². The molecule has 1 atom stereocenters. The lowest BCUT2D eigenvalue weighted by Crippen LogP contribution is -2.04. The molecule has 1 heterocycles. The van der Waals surface area contributed by atoms with Gasteiger partial charge in [-0.3, -0.25) is 0 Å². The highest BCUT2D eigenvalue weighted by Gasteiger charge is 2.16. The van der Waals surface area contributed by atoms with Crippen LogP contribution in [0.25, 0.3) is 0 Å². The number of furan rings is 1. The molecule has 102 valence electrons. The summed E-state index contributed by atoms with van der Waals surface area (Å²) in [6.45, 7) is 4.05. The zero-order chi connectivity index (χ0) is 13.8. The van der Waals surface area contributed by atoms with E-state index >= 15 is 0 Å². The molecule has 0 spiro atoms. The van der Waals surface area contributed by atoms with E-state index < -0.39 is 6.10 Å². The second-order valence-electron chi connectivity index (χ2n) is 4.76. The summed E-state index contributed by atoms with van der Waals surface area (Å²) in [5.74, 6) is 1.67. The average Bonchev–Trinajstić information content (AvgIpc) is 2.92. The molecule has 0 radical (unpaired) electrons. The molecule has 2 rings (SSSR count). The van der Waals surface area contributed by atoms with Crippen molar-refractivity contribution < 1.29 is 14.3 Å². The maximum atomic E-state index is 10.3. The molecule has 1 unspecified atom stereocenters. The molecule has 3 nitrogen and oxygen atoms in total. The molecule has 0 aliphatic carbocycles. The molecule has 1 aromatic carbocycles. The van der Waals surface area contributed by atoms with Gasteiger partial charge in [-0.05, 0) is 43.5 Å². The van der Waals surface area contributed by atoms with E-state index in [4.69, 9.17) is 9.15 Å². The van der Waals surface area contributed by atoms with E-state index in [0.717, 1.165) is 22.6 Å². The normalized spacial score (nSPS) is 12.4. The zero-order valence-corrected chi connectivity index (χ0v) is 11.6. The Morgan fingerprint density at radius 1 is 1.26 bits per heavy atom. The van der Waals surface area contributed by atoms with E-state index in [1.807, 2.05) is 38.1 Å². The Hall–Kier alpha value is -1.74. The fraction of sp³-hybridized carbons (Fsp3) is 0.375. The Morgan fingerprint density at radius 3 is 2.68 bits per heavy atom. The van der Waals surface area contributed by atoms with Crippen molar-refractivity contribution >= 4 is 0 Å². The third-order valence-corrected chi connectivity index (χ3v) is 3.51. The minimum atomic E-state index is -0.542. The highest BCUT2D eigenvalue weighted by molar-refractivity contribution is 5.46. The molecule has 0 bridgehead atoms. The van der Waals surface area contributed by atoms with Crippen LogP contribution in [0.1, 0.15) is 35.0 Å². The highest BCUT2D eigenvalue weighted by Crippen LogP contribution is 2.32. The van der Waals surface area contributed by atoms with Crippen LogP contribution >= 0.6 is 0 Å². The lowest BCUT2D eigenvalue weighted by molar-refractivity contribution is 0.161. The van der Waals surface area contributed by atoms with Gasteiger partial charge in [0, 0.05) is 12.0 Å². The summed E-state index contributed by atoms with van der Waals surface area (Å²) in [7, 11) is 1.64. The summed E-state index contributed by atoms with van der Waals surface area (Å²) in [6.07, 6.45) is 2.44. The quantitative estimate of drug-likeness (QED) is 0.893. The third kappa shape index (κ3) is 2.99. The van der Waals surface area contributed by atoms with Crippen LogP contribution in [0.15, 0.2) is 34.9 Å². The molecule has 0 amide bonds. The molecule has 0 saturated carbocycles. The van der Waals surface area contributed by atoms with Gasteiger partial charge >= 0.3 is 0 Å². The predicted molar refractivity (Wildman–Crippen MR) is 74.5 cm³/mol. The van der Waals surface area contributed by atoms with Gasteiger partial charge in [-0.2, -0.15) is 0 Å². The van der Waals surface area contributed by atoms with Gasteiger partial charge in [0.05, 0.1) is 19.5 Å². The molecule has 0 aliphatic heterocycles. The monoisotopic (exact) mass is 260 g/mol. The SMILES string of the molecule is COc1c(C(O)CCc2ccco2)ccc(C)c1C. The largest absolute Gasteiger partial charge is 0.496 e. The number of rotatable bonds is 5. The van der Waals surface area contributed by atoms with Crippen molar-refractivity contribution in [3.8, 4) is 5.75 Å². The Balaban J connectivity index is 2.14. The van der Waals surface area contributed by atoms with Crippen molar-refractivity contribution in [3.05, 3.63) is 53.0 Å². The molecule has 2 aromatic rings. The summed E-state index contributed by atoms with van der Waals surface area (Å²) >= 11 is 0. The second-order valence-corrected chi connectivity index (χ2v) is 4.76. The van der Waals surface area contributed by atoms with Gasteiger partial charge in [0.2, 0.25) is 0 Å².